The highest BCUT2D eigenvalue weighted by Gasteiger charge is 2.33. The molecular weight excluding hydrogens is 206 g/mol. The van der Waals surface area contributed by atoms with Crippen molar-refractivity contribution in [3.05, 3.63) is 0 Å². The lowest BCUT2D eigenvalue weighted by Crippen LogP contribution is -2.46. The van der Waals surface area contributed by atoms with Crippen LogP contribution in [0.15, 0.2) is 0 Å². The highest BCUT2D eigenvalue weighted by molar-refractivity contribution is 5.84. The largest absolute Gasteiger partial charge is 0.396 e. The van der Waals surface area contributed by atoms with Gasteiger partial charge < -0.3 is 14.7 Å². The van der Waals surface area contributed by atoms with Crippen molar-refractivity contribution in [2.24, 2.45) is 0 Å². The van der Waals surface area contributed by atoms with Gasteiger partial charge in [-0.25, -0.2) is 0 Å². The molecule has 0 heterocycles. The first-order valence-corrected chi connectivity index (χ1v) is 5.93. The fourth-order valence-electron chi connectivity index (χ4n) is 1.53. The van der Waals surface area contributed by atoms with E-state index in [1.165, 1.54) is 0 Å². The quantitative estimate of drug-likeness (QED) is 0.643. The van der Waals surface area contributed by atoms with E-state index < -0.39 is 5.60 Å². The summed E-state index contributed by atoms with van der Waals surface area (Å²) in [6.07, 6.45) is 3.34. The topological polar surface area (TPSA) is 49.8 Å². The van der Waals surface area contributed by atoms with Gasteiger partial charge in [0.1, 0.15) is 5.60 Å². The first-order chi connectivity index (χ1) is 7.51. The van der Waals surface area contributed by atoms with E-state index in [1.54, 1.807) is 19.1 Å². The third-order valence-electron chi connectivity index (χ3n) is 3.08. The molecule has 0 saturated heterocycles. The van der Waals surface area contributed by atoms with Crippen LogP contribution >= 0.6 is 0 Å². The van der Waals surface area contributed by atoms with Crippen LogP contribution in [0.3, 0.4) is 0 Å². The summed E-state index contributed by atoms with van der Waals surface area (Å²) in [7, 11) is 3.37. The second-order valence-corrected chi connectivity index (χ2v) is 4.30. The number of aliphatic hydroxyl groups excluding tert-OH is 1. The van der Waals surface area contributed by atoms with Gasteiger partial charge in [-0.2, -0.15) is 0 Å². The van der Waals surface area contributed by atoms with Gasteiger partial charge in [0.2, 0.25) is 0 Å². The molecule has 1 N–H and O–H groups in total. The minimum atomic E-state index is -0.703. The minimum absolute atomic E-state index is 0.0292. The van der Waals surface area contributed by atoms with Crippen LogP contribution in [0.5, 0.6) is 0 Å². The van der Waals surface area contributed by atoms with Gasteiger partial charge in [0.25, 0.3) is 5.91 Å². The Hall–Kier alpha value is -0.610. The summed E-state index contributed by atoms with van der Waals surface area (Å²) in [5.41, 5.74) is -0.703. The summed E-state index contributed by atoms with van der Waals surface area (Å²) >= 11 is 0. The molecule has 0 radical (unpaired) electrons. The highest BCUT2D eigenvalue weighted by Crippen LogP contribution is 2.17. The molecule has 0 fully saturated rings. The summed E-state index contributed by atoms with van der Waals surface area (Å²) in [6, 6.07) is 0. The maximum absolute atomic E-state index is 12.0. The number of hydrogen-bond donors (Lipinski definition) is 1. The number of hydrogen-bond acceptors (Lipinski definition) is 3. The Labute approximate surface area is 98.6 Å². The van der Waals surface area contributed by atoms with Crippen molar-refractivity contribution in [2.45, 2.75) is 45.1 Å². The third-order valence-corrected chi connectivity index (χ3v) is 3.08. The highest BCUT2D eigenvalue weighted by atomic mass is 16.5. The molecule has 0 aliphatic rings. The molecule has 0 rings (SSSR count). The summed E-state index contributed by atoms with van der Waals surface area (Å²) in [4.78, 5) is 13.8. The monoisotopic (exact) mass is 231 g/mol. The van der Waals surface area contributed by atoms with E-state index in [-0.39, 0.29) is 12.5 Å². The molecule has 1 unspecified atom stereocenters. The fourth-order valence-corrected chi connectivity index (χ4v) is 1.53. The van der Waals surface area contributed by atoms with Crippen molar-refractivity contribution in [1.29, 1.82) is 0 Å². The second-order valence-electron chi connectivity index (χ2n) is 4.30. The van der Waals surface area contributed by atoms with Gasteiger partial charge in [-0.15, -0.1) is 0 Å². The molecule has 4 nitrogen and oxygen atoms in total. The standard InChI is InChI=1S/C12H25NO3/c1-5-12(2,16-4)11(15)13(3)9-7-6-8-10-14/h14H,5-10H2,1-4H3. The van der Waals surface area contributed by atoms with Crippen LogP contribution in [-0.4, -0.2) is 48.8 Å². The number of nitrogens with zero attached hydrogens (tertiary/aromatic N) is 1. The van der Waals surface area contributed by atoms with Crippen LogP contribution < -0.4 is 0 Å². The molecule has 0 bridgehead atoms. The number of carbonyl (C=O) groups is 1. The Morgan fingerprint density at radius 3 is 2.44 bits per heavy atom. The number of unbranched alkanes of at least 4 members (excludes halogenated alkanes) is 2. The average Bonchev–Trinajstić information content (AvgIpc) is 2.32. The lowest BCUT2D eigenvalue weighted by molar-refractivity contribution is -0.152. The molecule has 0 saturated carbocycles. The SMILES string of the molecule is CCC(C)(OC)C(=O)N(C)CCCCCO. The maximum Gasteiger partial charge on any atom is 0.254 e. The average molecular weight is 231 g/mol. The number of ether oxygens (including phenoxy) is 1. The Kier molecular flexibility index (Phi) is 7.34. The van der Waals surface area contributed by atoms with E-state index in [0.29, 0.717) is 6.42 Å². The van der Waals surface area contributed by atoms with E-state index in [4.69, 9.17) is 9.84 Å². The van der Waals surface area contributed by atoms with Crippen LogP contribution in [0.4, 0.5) is 0 Å². The lowest BCUT2D eigenvalue weighted by atomic mass is 10.0. The van der Waals surface area contributed by atoms with Crippen molar-refractivity contribution >= 4 is 5.91 Å². The van der Waals surface area contributed by atoms with Crippen LogP contribution in [0.2, 0.25) is 0 Å². The zero-order valence-corrected chi connectivity index (χ0v) is 11.0. The predicted octanol–water partition coefficient (Wildman–Crippen LogP) is 1.42. The summed E-state index contributed by atoms with van der Waals surface area (Å²) < 4.78 is 5.27. The van der Waals surface area contributed by atoms with Gasteiger partial charge in [0.15, 0.2) is 0 Å². The Morgan fingerprint density at radius 2 is 2.00 bits per heavy atom. The molecule has 4 heteroatoms. The summed E-state index contributed by atoms with van der Waals surface area (Å²) in [5.74, 6) is 0.0292. The molecule has 16 heavy (non-hydrogen) atoms. The van der Waals surface area contributed by atoms with Crippen molar-refractivity contribution < 1.29 is 14.6 Å². The minimum Gasteiger partial charge on any atom is -0.396 e. The molecular formula is C12H25NO3. The lowest BCUT2D eigenvalue weighted by Gasteiger charge is -2.30. The Bertz CT molecular complexity index is 202. The molecule has 96 valence electrons. The summed E-state index contributed by atoms with van der Waals surface area (Å²) in [6.45, 7) is 4.71. The maximum atomic E-state index is 12.0. The van der Waals surface area contributed by atoms with E-state index in [9.17, 15) is 4.79 Å². The van der Waals surface area contributed by atoms with Crippen molar-refractivity contribution in [2.75, 3.05) is 27.3 Å². The van der Waals surface area contributed by atoms with E-state index in [2.05, 4.69) is 0 Å². The second kappa shape index (κ2) is 7.63. The van der Waals surface area contributed by atoms with Gasteiger partial charge in [-0.1, -0.05) is 6.92 Å². The Balaban J connectivity index is 4.07. The van der Waals surface area contributed by atoms with Gasteiger partial charge >= 0.3 is 0 Å². The normalized spacial score (nSPS) is 14.6. The molecule has 0 aromatic rings. The van der Waals surface area contributed by atoms with E-state index in [1.807, 2.05) is 13.8 Å². The first kappa shape index (κ1) is 15.4. The van der Waals surface area contributed by atoms with Gasteiger partial charge in [-0.05, 0) is 32.6 Å². The van der Waals surface area contributed by atoms with Crippen molar-refractivity contribution in [1.82, 2.24) is 4.90 Å². The molecule has 0 aromatic carbocycles. The molecule has 0 aliphatic carbocycles. The van der Waals surface area contributed by atoms with Gasteiger partial charge in [0, 0.05) is 27.3 Å². The van der Waals surface area contributed by atoms with Crippen LogP contribution in [0.25, 0.3) is 0 Å². The first-order valence-electron chi connectivity index (χ1n) is 5.93. The number of likely N-dealkylation sites (N-methyl/N-ethyl adjacent to an activating group) is 1. The number of rotatable bonds is 8. The van der Waals surface area contributed by atoms with Crippen LogP contribution in [0.1, 0.15) is 39.5 Å². The smallest absolute Gasteiger partial charge is 0.254 e. The zero-order chi connectivity index (χ0) is 12.6. The Morgan fingerprint density at radius 1 is 1.38 bits per heavy atom. The predicted molar refractivity (Wildman–Crippen MR) is 64.3 cm³/mol. The molecule has 0 aliphatic heterocycles. The molecule has 1 amide bonds. The number of carbonyl (C=O) groups excluding carboxylic acids is 1. The number of amides is 1. The zero-order valence-electron chi connectivity index (χ0n) is 11.0. The van der Waals surface area contributed by atoms with Crippen molar-refractivity contribution in [3.63, 3.8) is 0 Å². The molecule has 0 aromatic heterocycles. The fraction of sp³-hybridized carbons (Fsp3) is 0.917. The third kappa shape index (κ3) is 4.49. The number of aliphatic hydroxyl groups is 1. The number of methoxy groups -OCH3 is 1. The van der Waals surface area contributed by atoms with E-state index in [0.717, 1.165) is 25.8 Å². The molecule has 1 atom stereocenters. The van der Waals surface area contributed by atoms with Crippen LogP contribution in [-0.2, 0) is 9.53 Å². The van der Waals surface area contributed by atoms with Crippen molar-refractivity contribution in [3.8, 4) is 0 Å². The van der Waals surface area contributed by atoms with Gasteiger partial charge in [-0.3, -0.25) is 4.79 Å². The molecule has 0 spiro atoms. The van der Waals surface area contributed by atoms with Crippen LogP contribution in [0, 0.1) is 0 Å². The van der Waals surface area contributed by atoms with Gasteiger partial charge in [0.05, 0.1) is 0 Å². The van der Waals surface area contributed by atoms with E-state index >= 15 is 0 Å². The summed E-state index contributed by atoms with van der Waals surface area (Å²) in [5, 5.41) is 8.65.